The van der Waals surface area contributed by atoms with Crippen LogP contribution in [0.4, 0.5) is 5.82 Å². The number of carbonyl (C=O) groups is 1. The van der Waals surface area contributed by atoms with Crippen LogP contribution in [-0.2, 0) is 4.79 Å². The minimum atomic E-state index is -0.277. The van der Waals surface area contributed by atoms with E-state index >= 15 is 0 Å². The Bertz CT molecular complexity index is 459. The summed E-state index contributed by atoms with van der Waals surface area (Å²) in [7, 11) is 0. The molecule has 4 nitrogen and oxygen atoms in total. The van der Waals surface area contributed by atoms with Crippen LogP contribution in [0.15, 0.2) is 6.33 Å². The van der Waals surface area contributed by atoms with Gasteiger partial charge in [-0.1, -0.05) is 43.0 Å². The monoisotopic (exact) mass is 287 g/mol. The molecule has 1 saturated carbocycles. The van der Waals surface area contributed by atoms with Crippen LogP contribution < -0.4 is 5.32 Å². The molecule has 1 aromatic heterocycles. The van der Waals surface area contributed by atoms with Crippen molar-refractivity contribution in [2.24, 2.45) is 5.41 Å². The maximum Gasteiger partial charge on any atom is 0.231 e. The molecule has 0 atom stereocenters. The summed E-state index contributed by atoms with van der Waals surface area (Å²) in [4.78, 5) is 20.1. The molecule has 18 heavy (non-hydrogen) atoms. The average Bonchev–Trinajstić information content (AvgIpc) is 2.85. The van der Waals surface area contributed by atoms with Crippen molar-refractivity contribution >= 4 is 34.9 Å². The Labute approximate surface area is 116 Å². The minimum absolute atomic E-state index is 0.0147. The SMILES string of the molecule is CCC1(C(=O)Nc2ncnc(Cl)c2Cl)CCCC1. The third kappa shape index (κ3) is 2.45. The second-order valence-corrected chi connectivity index (χ2v) is 5.36. The molecule has 1 fully saturated rings. The summed E-state index contributed by atoms with van der Waals surface area (Å²) in [6.45, 7) is 2.04. The van der Waals surface area contributed by atoms with Crippen LogP contribution >= 0.6 is 23.2 Å². The van der Waals surface area contributed by atoms with E-state index in [4.69, 9.17) is 23.2 Å². The van der Waals surface area contributed by atoms with Gasteiger partial charge < -0.3 is 5.32 Å². The highest BCUT2D eigenvalue weighted by molar-refractivity contribution is 6.42. The van der Waals surface area contributed by atoms with E-state index in [0.717, 1.165) is 32.1 Å². The Morgan fingerprint density at radius 1 is 1.39 bits per heavy atom. The first kappa shape index (κ1) is 13.6. The summed E-state index contributed by atoms with van der Waals surface area (Å²) in [6.07, 6.45) is 6.16. The fourth-order valence-corrected chi connectivity index (χ4v) is 2.75. The third-order valence-corrected chi connectivity index (χ3v) is 4.44. The first-order valence-corrected chi connectivity index (χ1v) is 6.82. The lowest BCUT2D eigenvalue weighted by Gasteiger charge is -2.25. The van der Waals surface area contributed by atoms with E-state index in [1.54, 1.807) is 0 Å². The van der Waals surface area contributed by atoms with Crippen molar-refractivity contribution in [1.29, 1.82) is 0 Å². The molecule has 0 radical (unpaired) electrons. The lowest BCUT2D eigenvalue weighted by Crippen LogP contribution is -2.33. The summed E-state index contributed by atoms with van der Waals surface area (Å²) in [5.41, 5.74) is -0.277. The quantitative estimate of drug-likeness (QED) is 0.863. The van der Waals surface area contributed by atoms with Gasteiger partial charge in [0.05, 0.1) is 0 Å². The van der Waals surface area contributed by atoms with Crippen LogP contribution in [0, 0.1) is 5.41 Å². The number of aromatic nitrogens is 2. The molecule has 0 bridgehead atoms. The first-order valence-electron chi connectivity index (χ1n) is 6.06. The summed E-state index contributed by atoms with van der Waals surface area (Å²) in [6, 6.07) is 0. The maximum atomic E-state index is 12.4. The standard InChI is InChI=1S/C12H15Cl2N3O/c1-2-12(5-3-4-6-12)11(18)17-10-8(13)9(14)15-7-16-10/h7H,2-6H2,1H3,(H,15,16,17,18). The number of carbonyl (C=O) groups excluding carboxylic acids is 1. The van der Waals surface area contributed by atoms with Crippen molar-refractivity contribution in [3.8, 4) is 0 Å². The van der Waals surface area contributed by atoms with Gasteiger partial charge >= 0.3 is 0 Å². The van der Waals surface area contributed by atoms with Crippen molar-refractivity contribution < 1.29 is 4.79 Å². The van der Waals surface area contributed by atoms with Gasteiger partial charge in [0, 0.05) is 5.41 Å². The summed E-state index contributed by atoms with van der Waals surface area (Å²) < 4.78 is 0. The van der Waals surface area contributed by atoms with Crippen molar-refractivity contribution in [2.45, 2.75) is 39.0 Å². The van der Waals surface area contributed by atoms with E-state index in [1.807, 2.05) is 6.92 Å². The van der Waals surface area contributed by atoms with Gasteiger partial charge in [-0.15, -0.1) is 0 Å². The van der Waals surface area contributed by atoms with Gasteiger partial charge in [0.2, 0.25) is 5.91 Å². The zero-order chi connectivity index (χ0) is 13.2. The summed E-state index contributed by atoms with van der Waals surface area (Å²) >= 11 is 11.8. The van der Waals surface area contributed by atoms with E-state index in [-0.39, 0.29) is 21.5 Å². The molecule has 0 aliphatic heterocycles. The Morgan fingerprint density at radius 3 is 2.67 bits per heavy atom. The van der Waals surface area contributed by atoms with E-state index in [2.05, 4.69) is 15.3 Å². The number of hydrogen-bond donors (Lipinski definition) is 1. The van der Waals surface area contributed by atoms with Crippen molar-refractivity contribution in [3.63, 3.8) is 0 Å². The molecule has 0 aromatic carbocycles. The molecule has 98 valence electrons. The Morgan fingerprint density at radius 2 is 2.06 bits per heavy atom. The van der Waals surface area contributed by atoms with Crippen LogP contribution in [0.25, 0.3) is 0 Å². The van der Waals surface area contributed by atoms with Crippen LogP contribution in [0.2, 0.25) is 10.2 Å². The lowest BCUT2D eigenvalue weighted by molar-refractivity contribution is -0.125. The van der Waals surface area contributed by atoms with Gasteiger partial charge in [0.1, 0.15) is 11.3 Å². The van der Waals surface area contributed by atoms with E-state index in [9.17, 15) is 4.79 Å². The molecule has 0 unspecified atom stereocenters. The predicted octanol–water partition coefficient (Wildman–Crippen LogP) is 3.69. The highest BCUT2D eigenvalue weighted by Crippen LogP contribution is 2.42. The van der Waals surface area contributed by atoms with Crippen LogP contribution in [0.5, 0.6) is 0 Å². The number of nitrogens with one attached hydrogen (secondary N) is 1. The normalized spacial score (nSPS) is 17.7. The summed E-state index contributed by atoms with van der Waals surface area (Å²) in [5.74, 6) is 0.278. The van der Waals surface area contributed by atoms with Crippen molar-refractivity contribution in [1.82, 2.24) is 9.97 Å². The second-order valence-electron chi connectivity index (χ2n) is 4.62. The van der Waals surface area contributed by atoms with Gasteiger partial charge in [-0.05, 0) is 19.3 Å². The van der Waals surface area contributed by atoms with Gasteiger partial charge in [-0.25, -0.2) is 9.97 Å². The zero-order valence-corrected chi connectivity index (χ0v) is 11.7. The fraction of sp³-hybridized carbons (Fsp3) is 0.583. The Balaban J connectivity index is 2.18. The molecule has 1 aliphatic carbocycles. The number of nitrogens with zero attached hydrogens (tertiary/aromatic N) is 2. The van der Waals surface area contributed by atoms with Gasteiger partial charge in [-0.3, -0.25) is 4.79 Å². The van der Waals surface area contributed by atoms with Crippen LogP contribution in [0.3, 0.4) is 0 Å². The summed E-state index contributed by atoms with van der Waals surface area (Å²) in [5, 5.41) is 3.12. The molecule has 0 saturated heterocycles. The largest absolute Gasteiger partial charge is 0.309 e. The van der Waals surface area contributed by atoms with Gasteiger partial charge in [0.25, 0.3) is 0 Å². The molecular formula is C12H15Cl2N3O. The number of rotatable bonds is 3. The maximum absolute atomic E-state index is 12.4. The number of anilines is 1. The molecule has 6 heteroatoms. The second kappa shape index (κ2) is 5.41. The highest BCUT2D eigenvalue weighted by atomic mass is 35.5. The molecule has 1 amide bonds. The molecule has 0 spiro atoms. The first-order chi connectivity index (χ1) is 8.59. The van der Waals surface area contributed by atoms with E-state index < -0.39 is 0 Å². The molecule has 1 aromatic rings. The van der Waals surface area contributed by atoms with E-state index in [0.29, 0.717) is 5.82 Å². The van der Waals surface area contributed by atoms with Gasteiger partial charge in [0.15, 0.2) is 11.0 Å². The molecule has 1 heterocycles. The van der Waals surface area contributed by atoms with Crippen LogP contribution in [0.1, 0.15) is 39.0 Å². The molecule has 1 aliphatic rings. The predicted molar refractivity (Wildman–Crippen MR) is 71.9 cm³/mol. The number of halogens is 2. The molecule has 1 N–H and O–H groups in total. The van der Waals surface area contributed by atoms with E-state index in [1.165, 1.54) is 6.33 Å². The Hall–Kier alpha value is -0.870. The highest BCUT2D eigenvalue weighted by Gasteiger charge is 2.39. The Kier molecular flexibility index (Phi) is 4.07. The molecular weight excluding hydrogens is 273 g/mol. The van der Waals surface area contributed by atoms with Crippen molar-refractivity contribution in [3.05, 3.63) is 16.5 Å². The molecule has 2 rings (SSSR count). The van der Waals surface area contributed by atoms with Gasteiger partial charge in [-0.2, -0.15) is 0 Å². The topological polar surface area (TPSA) is 54.9 Å². The fourth-order valence-electron chi connectivity index (χ4n) is 2.47. The zero-order valence-electron chi connectivity index (χ0n) is 10.2. The van der Waals surface area contributed by atoms with Crippen molar-refractivity contribution in [2.75, 3.05) is 5.32 Å². The average molecular weight is 288 g/mol. The third-order valence-electron chi connectivity index (χ3n) is 3.70. The lowest BCUT2D eigenvalue weighted by atomic mass is 9.82. The number of hydrogen-bond acceptors (Lipinski definition) is 3. The smallest absolute Gasteiger partial charge is 0.231 e. The van der Waals surface area contributed by atoms with Crippen LogP contribution in [-0.4, -0.2) is 15.9 Å². The number of amides is 1. The minimum Gasteiger partial charge on any atom is -0.309 e.